The van der Waals surface area contributed by atoms with Gasteiger partial charge in [0, 0.05) is 25.1 Å². The van der Waals surface area contributed by atoms with Gasteiger partial charge in [0.2, 0.25) is 5.91 Å². The standard InChI is InChI=1S/C17H20ClN5O3S/c18-16-13(7-20-23(17(16)25)15-3-1-2-6-26-15)21-4-5-22(14(24)9-21)8-12-10-27-11-19-12/h7,10-11,15H,1-6,8-9H2. The van der Waals surface area contributed by atoms with Gasteiger partial charge in [-0.3, -0.25) is 9.59 Å². The van der Waals surface area contributed by atoms with Crippen molar-refractivity contribution in [3.05, 3.63) is 38.2 Å². The monoisotopic (exact) mass is 409 g/mol. The van der Waals surface area contributed by atoms with Gasteiger partial charge < -0.3 is 14.5 Å². The van der Waals surface area contributed by atoms with Gasteiger partial charge in [0.15, 0.2) is 6.23 Å². The molecule has 0 N–H and O–H groups in total. The molecule has 2 fully saturated rings. The third-order valence-electron chi connectivity index (χ3n) is 4.85. The molecule has 2 aliphatic heterocycles. The van der Waals surface area contributed by atoms with Gasteiger partial charge in [-0.05, 0) is 19.3 Å². The third-order valence-corrected chi connectivity index (χ3v) is 5.84. The number of halogens is 1. The number of carbonyl (C=O) groups is 1. The quantitative estimate of drug-likeness (QED) is 0.767. The summed E-state index contributed by atoms with van der Waals surface area (Å²) in [5.74, 6) is -0.0230. The van der Waals surface area contributed by atoms with Gasteiger partial charge in [-0.15, -0.1) is 11.3 Å². The van der Waals surface area contributed by atoms with Crippen molar-refractivity contribution in [2.75, 3.05) is 31.1 Å². The fraction of sp³-hybridized carbons (Fsp3) is 0.529. The second-order valence-corrected chi connectivity index (χ2v) is 7.73. The Labute approximate surface area is 165 Å². The highest BCUT2D eigenvalue weighted by molar-refractivity contribution is 7.07. The zero-order chi connectivity index (χ0) is 18.8. The highest BCUT2D eigenvalue weighted by atomic mass is 35.5. The summed E-state index contributed by atoms with van der Waals surface area (Å²) in [6.45, 7) is 2.41. The van der Waals surface area contributed by atoms with Gasteiger partial charge >= 0.3 is 0 Å². The second kappa shape index (κ2) is 7.95. The molecule has 2 aromatic heterocycles. The first-order valence-corrected chi connectivity index (χ1v) is 10.2. The smallest absolute Gasteiger partial charge is 0.290 e. The summed E-state index contributed by atoms with van der Waals surface area (Å²) in [6, 6.07) is 0. The van der Waals surface area contributed by atoms with Gasteiger partial charge in [-0.25, -0.2) is 4.98 Å². The Morgan fingerprint density at radius 2 is 2.19 bits per heavy atom. The number of hydrogen-bond acceptors (Lipinski definition) is 7. The first kappa shape index (κ1) is 18.4. The lowest BCUT2D eigenvalue weighted by molar-refractivity contribution is -0.131. The van der Waals surface area contributed by atoms with E-state index < -0.39 is 0 Å². The van der Waals surface area contributed by atoms with Crippen molar-refractivity contribution < 1.29 is 9.53 Å². The molecule has 0 aromatic carbocycles. The predicted octanol–water partition coefficient (Wildman–Crippen LogP) is 1.90. The minimum atomic E-state index is -0.376. The summed E-state index contributed by atoms with van der Waals surface area (Å²) in [5, 5.41) is 6.28. The van der Waals surface area contributed by atoms with E-state index in [-0.39, 0.29) is 29.3 Å². The number of ether oxygens (including phenoxy) is 1. The summed E-state index contributed by atoms with van der Waals surface area (Å²) in [6.07, 6.45) is 3.92. The summed E-state index contributed by atoms with van der Waals surface area (Å²) >= 11 is 7.86. The van der Waals surface area contributed by atoms with Crippen molar-refractivity contribution in [3.8, 4) is 0 Å². The SMILES string of the molecule is O=C1CN(c2cnn(C3CCCCO3)c(=O)c2Cl)CCN1Cc1cscn1. The highest BCUT2D eigenvalue weighted by Crippen LogP contribution is 2.26. The number of piperazine rings is 1. The van der Waals surface area contributed by atoms with E-state index in [9.17, 15) is 9.59 Å². The summed E-state index contributed by atoms with van der Waals surface area (Å²) in [7, 11) is 0. The van der Waals surface area contributed by atoms with Crippen molar-refractivity contribution >= 4 is 34.5 Å². The zero-order valence-electron chi connectivity index (χ0n) is 14.7. The van der Waals surface area contributed by atoms with E-state index in [1.807, 2.05) is 10.3 Å². The van der Waals surface area contributed by atoms with Crippen LogP contribution in [-0.2, 0) is 16.1 Å². The average molecular weight is 410 g/mol. The van der Waals surface area contributed by atoms with Crippen molar-refractivity contribution in [1.82, 2.24) is 19.7 Å². The van der Waals surface area contributed by atoms with Crippen LogP contribution in [0.5, 0.6) is 0 Å². The minimum Gasteiger partial charge on any atom is -0.358 e. The average Bonchev–Trinajstić information content (AvgIpc) is 3.19. The van der Waals surface area contributed by atoms with Crippen LogP contribution in [0.15, 0.2) is 21.9 Å². The number of rotatable bonds is 4. The van der Waals surface area contributed by atoms with Crippen LogP contribution in [0.4, 0.5) is 5.69 Å². The molecule has 144 valence electrons. The molecule has 0 aliphatic carbocycles. The number of carbonyl (C=O) groups excluding carboxylic acids is 1. The molecule has 27 heavy (non-hydrogen) atoms. The van der Waals surface area contributed by atoms with Crippen molar-refractivity contribution in [1.29, 1.82) is 0 Å². The summed E-state index contributed by atoms with van der Waals surface area (Å²) in [4.78, 5) is 33.0. The summed E-state index contributed by atoms with van der Waals surface area (Å²) < 4.78 is 6.94. The van der Waals surface area contributed by atoms with Gasteiger partial charge in [-0.2, -0.15) is 9.78 Å². The largest absolute Gasteiger partial charge is 0.358 e. The van der Waals surface area contributed by atoms with E-state index in [0.29, 0.717) is 31.9 Å². The van der Waals surface area contributed by atoms with E-state index in [4.69, 9.17) is 16.3 Å². The van der Waals surface area contributed by atoms with Crippen molar-refractivity contribution in [2.24, 2.45) is 0 Å². The van der Waals surface area contributed by atoms with Crippen LogP contribution in [0, 0.1) is 0 Å². The van der Waals surface area contributed by atoms with E-state index in [1.165, 1.54) is 16.0 Å². The maximum Gasteiger partial charge on any atom is 0.290 e. The van der Waals surface area contributed by atoms with Crippen LogP contribution in [0.25, 0.3) is 0 Å². The molecule has 2 aromatic rings. The van der Waals surface area contributed by atoms with Crippen LogP contribution >= 0.6 is 22.9 Å². The van der Waals surface area contributed by atoms with E-state index in [0.717, 1.165) is 25.0 Å². The Morgan fingerprint density at radius 1 is 1.30 bits per heavy atom. The molecule has 1 unspecified atom stereocenters. The maximum atomic E-state index is 12.6. The second-order valence-electron chi connectivity index (χ2n) is 6.63. The molecule has 0 radical (unpaired) electrons. The van der Waals surface area contributed by atoms with Gasteiger partial charge in [0.05, 0.1) is 36.2 Å². The van der Waals surface area contributed by atoms with Crippen LogP contribution in [0.2, 0.25) is 5.02 Å². The molecule has 1 amide bonds. The Hall–Kier alpha value is -1.97. The number of thiazole rings is 1. The van der Waals surface area contributed by atoms with Gasteiger partial charge in [0.1, 0.15) is 5.02 Å². The molecule has 4 heterocycles. The number of aromatic nitrogens is 3. The highest BCUT2D eigenvalue weighted by Gasteiger charge is 2.28. The van der Waals surface area contributed by atoms with E-state index in [1.54, 1.807) is 16.6 Å². The molecule has 1 atom stereocenters. The molecule has 8 nitrogen and oxygen atoms in total. The molecule has 2 saturated heterocycles. The Kier molecular flexibility index (Phi) is 5.42. The molecular formula is C17H20ClN5O3S. The fourth-order valence-corrected chi connectivity index (χ4v) is 4.18. The number of anilines is 1. The maximum absolute atomic E-state index is 12.6. The zero-order valence-corrected chi connectivity index (χ0v) is 16.3. The molecule has 4 rings (SSSR count). The van der Waals surface area contributed by atoms with Crippen LogP contribution in [0.1, 0.15) is 31.2 Å². The Balaban J connectivity index is 1.48. The molecule has 0 spiro atoms. The number of amides is 1. The Morgan fingerprint density at radius 3 is 2.89 bits per heavy atom. The predicted molar refractivity (Wildman–Crippen MR) is 102 cm³/mol. The number of hydrogen-bond donors (Lipinski definition) is 0. The lowest BCUT2D eigenvalue weighted by atomic mass is 10.2. The first-order valence-electron chi connectivity index (χ1n) is 8.92. The van der Waals surface area contributed by atoms with Crippen molar-refractivity contribution in [2.45, 2.75) is 32.0 Å². The molecule has 2 aliphatic rings. The molecule has 0 bridgehead atoms. The normalized spacial score (nSPS) is 20.9. The third kappa shape index (κ3) is 3.85. The minimum absolute atomic E-state index is 0.0230. The lowest BCUT2D eigenvalue weighted by Gasteiger charge is -2.35. The van der Waals surface area contributed by atoms with Gasteiger partial charge in [-0.1, -0.05) is 11.6 Å². The van der Waals surface area contributed by atoms with Gasteiger partial charge in [0.25, 0.3) is 5.56 Å². The van der Waals surface area contributed by atoms with Crippen molar-refractivity contribution in [3.63, 3.8) is 0 Å². The number of nitrogens with zero attached hydrogens (tertiary/aromatic N) is 5. The first-order chi connectivity index (χ1) is 13.1. The molecule has 10 heteroatoms. The Bertz CT molecular complexity index is 866. The van der Waals surface area contributed by atoms with E-state index >= 15 is 0 Å². The topological polar surface area (TPSA) is 80.6 Å². The summed E-state index contributed by atoms with van der Waals surface area (Å²) in [5.41, 5.74) is 2.76. The molecule has 0 saturated carbocycles. The molecular weight excluding hydrogens is 390 g/mol. The van der Waals surface area contributed by atoms with Crippen LogP contribution in [0.3, 0.4) is 0 Å². The van der Waals surface area contributed by atoms with Crippen LogP contribution < -0.4 is 10.5 Å². The lowest BCUT2D eigenvalue weighted by Crippen LogP contribution is -2.50. The van der Waals surface area contributed by atoms with E-state index in [2.05, 4.69) is 10.1 Å². The fourth-order valence-electron chi connectivity index (χ4n) is 3.37. The van der Waals surface area contributed by atoms with Crippen LogP contribution in [-0.4, -0.2) is 51.8 Å².